The van der Waals surface area contributed by atoms with Crippen LogP contribution < -0.4 is 0 Å². The van der Waals surface area contributed by atoms with Crippen LogP contribution in [0.4, 0.5) is 4.39 Å². The van der Waals surface area contributed by atoms with E-state index in [-0.39, 0.29) is 11.3 Å². The van der Waals surface area contributed by atoms with Crippen LogP contribution in [0, 0.1) is 5.82 Å². The molecule has 0 amide bonds. The molecule has 1 rings (SSSR count). The molecule has 0 bridgehead atoms. The molecule has 0 N–H and O–H groups in total. The summed E-state index contributed by atoms with van der Waals surface area (Å²) in [7, 11) is 0. The van der Waals surface area contributed by atoms with E-state index in [1.54, 1.807) is 0 Å². The maximum atomic E-state index is 12.6. The van der Waals surface area contributed by atoms with Crippen molar-refractivity contribution in [2.45, 2.75) is 6.92 Å². The highest BCUT2D eigenvalue weighted by Gasteiger charge is 2.04. The molecule has 1 heterocycles. The summed E-state index contributed by atoms with van der Waals surface area (Å²) in [5, 5.41) is 0. The van der Waals surface area contributed by atoms with Gasteiger partial charge in [-0.05, 0) is 13.0 Å². The molecule has 0 spiro atoms. The van der Waals surface area contributed by atoms with Crippen LogP contribution in [0.15, 0.2) is 18.5 Å². The van der Waals surface area contributed by atoms with Crippen molar-refractivity contribution in [2.75, 3.05) is 0 Å². The Morgan fingerprint density at radius 2 is 2.40 bits per heavy atom. The number of hydrogen-bond donors (Lipinski definition) is 0. The lowest BCUT2D eigenvalue weighted by atomic mass is 10.2. The van der Waals surface area contributed by atoms with Gasteiger partial charge in [-0.15, -0.1) is 0 Å². The monoisotopic (exact) mass is 139 g/mol. The van der Waals surface area contributed by atoms with Crippen molar-refractivity contribution in [3.63, 3.8) is 0 Å². The van der Waals surface area contributed by atoms with E-state index in [0.717, 1.165) is 6.20 Å². The van der Waals surface area contributed by atoms with Crippen molar-refractivity contribution >= 4 is 5.78 Å². The largest absolute Gasteiger partial charge is 0.294 e. The van der Waals surface area contributed by atoms with E-state index in [2.05, 4.69) is 4.98 Å². The molecular weight excluding hydrogens is 133 g/mol. The minimum Gasteiger partial charge on any atom is -0.294 e. The first-order chi connectivity index (χ1) is 4.72. The number of halogens is 1. The summed E-state index contributed by atoms with van der Waals surface area (Å²) in [6.45, 7) is 1.32. The number of carbonyl (C=O) groups excluding carboxylic acids is 1. The highest BCUT2D eigenvalue weighted by atomic mass is 19.1. The summed E-state index contributed by atoms with van der Waals surface area (Å²) in [4.78, 5) is 14.1. The molecule has 0 fully saturated rings. The highest BCUT2D eigenvalue weighted by Crippen LogP contribution is 2.03. The second-order valence-electron chi connectivity index (χ2n) is 1.91. The predicted octanol–water partition coefficient (Wildman–Crippen LogP) is 1.42. The Morgan fingerprint density at radius 3 is 2.80 bits per heavy atom. The van der Waals surface area contributed by atoms with Gasteiger partial charge in [0.2, 0.25) is 0 Å². The van der Waals surface area contributed by atoms with Crippen molar-refractivity contribution < 1.29 is 9.18 Å². The van der Waals surface area contributed by atoms with Gasteiger partial charge in [0, 0.05) is 6.20 Å². The van der Waals surface area contributed by atoms with E-state index in [0.29, 0.717) is 0 Å². The topological polar surface area (TPSA) is 30.0 Å². The van der Waals surface area contributed by atoms with Gasteiger partial charge in [0.15, 0.2) is 11.6 Å². The number of nitrogens with zero attached hydrogens (tertiary/aromatic N) is 1. The third-order valence-corrected chi connectivity index (χ3v) is 1.15. The molecule has 1 aromatic heterocycles. The van der Waals surface area contributed by atoms with Gasteiger partial charge in [0.25, 0.3) is 0 Å². The molecule has 52 valence electrons. The average molecular weight is 139 g/mol. The number of aromatic nitrogens is 1. The van der Waals surface area contributed by atoms with Crippen LogP contribution in [0.2, 0.25) is 0 Å². The molecule has 0 saturated carbocycles. The summed E-state index contributed by atoms with van der Waals surface area (Å²) >= 11 is 0. The molecule has 0 aliphatic heterocycles. The second kappa shape index (κ2) is 2.56. The standard InChI is InChI=1S/C7H6FNO/c1-5(10)6-2-3-9-4-7(6)8/h2-4H,1H3. The molecule has 3 heteroatoms. The van der Waals surface area contributed by atoms with Gasteiger partial charge in [-0.1, -0.05) is 0 Å². The van der Waals surface area contributed by atoms with Crippen LogP contribution in [0.25, 0.3) is 0 Å². The number of carbonyl (C=O) groups is 1. The summed E-state index contributed by atoms with van der Waals surface area (Å²) in [6, 6.07) is 1.36. The van der Waals surface area contributed by atoms with Crippen LogP contribution in [0.3, 0.4) is 0 Å². The molecule has 2 nitrogen and oxygen atoms in total. The first-order valence-corrected chi connectivity index (χ1v) is 2.82. The van der Waals surface area contributed by atoms with Crippen LogP contribution in [-0.2, 0) is 0 Å². The smallest absolute Gasteiger partial charge is 0.162 e. The molecule has 0 atom stereocenters. The normalized spacial score (nSPS) is 9.40. The van der Waals surface area contributed by atoms with Gasteiger partial charge in [0.1, 0.15) is 0 Å². The van der Waals surface area contributed by atoms with Crippen LogP contribution >= 0.6 is 0 Å². The Morgan fingerprint density at radius 1 is 1.70 bits per heavy atom. The Bertz CT molecular complexity index is 260. The van der Waals surface area contributed by atoms with E-state index < -0.39 is 5.82 Å². The zero-order chi connectivity index (χ0) is 7.56. The van der Waals surface area contributed by atoms with Gasteiger partial charge in [0.05, 0.1) is 11.8 Å². The van der Waals surface area contributed by atoms with E-state index in [1.165, 1.54) is 19.2 Å². The van der Waals surface area contributed by atoms with Crippen molar-refractivity contribution in [3.05, 3.63) is 29.8 Å². The number of rotatable bonds is 1. The Kier molecular flexibility index (Phi) is 1.76. The van der Waals surface area contributed by atoms with Crippen molar-refractivity contribution in [2.24, 2.45) is 0 Å². The Hall–Kier alpha value is -1.25. The predicted molar refractivity (Wildman–Crippen MR) is 34.2 cm³/mol. The number of pyridine rings is 1. The molecule has 0 aliphatic rings. The second-order valence-corrected chi connectivity index (χ2v) is 1.91. The zero-order valence-electron chi connectivity index (χ0n) is 5.47. The lowest BCUT2D eigenvalue weighted by Gasteiger charge is -1.93. The van der Waals surface area contributed by atoms with Gasteiger partial charge in [-0.2, -0.15) is 0 Å². The first kappa shape index (κ1) is 6.86. The van der Waals surface area contributed by atoms with E-state index >= 15 is 0 Å². The maximum absolute atomic E-state index is 12.6. The Balaban J connectivity index is 3.15. The lowest BCUT2D eigenvalue weighted by molar-refractivity contribution is 0.101. The van der Waals surface area contributed by atoms with Crippen molar-refractivity contribution in [1.29, 1.82) is 0 Å². The van der Waals surface area contributed by atoms with Gasteiger partial charge in [-0.3, -0.25) is 9.78 Å². The molecule has 10 heavy (non-hydrogen) atoms. The van der Waals surface area contributed by atoms with Crippen LogP contribution in [-0.4, -0.2) is 10.8 Å². The minimum absolute atomic E-state index is 0.0926. The van der Waals surface area contributed by atoms with Crippen molar-refractivity contribution in [1.82, 2.24) is 4.98 Å². The summed E-state index contributed by atoms with van der Waals surface area (Å²) in [6.07, 6.45) is 2.41. The summed E-state index contributed by atoms with van der Waals surface area (Å²) < 4.78 is 12.6. The molecule has 0 unspecified atom stereocenters. The molecule has 1 aromatic rings. The minimum atomic E-state index is -0.560. The summed E-state index contributed by atoms with van der Waals surface area (Å²) in [5.41, 5.74) is 0.0926. The zero-order valence-corrected chi connectivity index (χ0v) is 5.47. The van der Waals surface area contributed by atoms with Crippen molar-refractivity contribution in [3.8, 4) is 0 Å². The molecular formula is C7H6FNO. The van der Waals surface area contributed by atoms with Crippen LogP contribution in [0.5, 0.6) is 0 Å². The lowest BCUT2D eigenvalue weighted by Crippen LogP contribution is -1.96. The van der Waals surface area contributed by atoms with E-state index in [9.17, 15) is 9.18 Å². The molecule has 0 aromatic carbocycles. The van der Waals surface area contributed by atoms with E-state index in [4.69, 9.17) is 0 Å². The third kappa shape index (κ3) is 1.18. The average Bonchev–Trinajstić information content (AvgIpc) is 1.88. The highest BCUT2D eigenvalue weighted by molar-refractivity contribution is 5.94. The van der Waals surface area contributed by atoms with Gasteiger partial charge < -0.3 is 0 Å². The molecule has 0 radical (unpaired) electrons. The first-order valence-electron chi connectivity index (χ1n) is 2.82. The number of ketones is 1. The fraction of sp³-hybridized carbons (Fsp3) is 0.143. The summed E-state index contributed by atoms with van der Waals surface area (Å²) in [5.74, 6) is -0.838. The van der Waals surface area contributed by atoms with Gasteiger partial charge >= 0.3 is 0 Å². The third-order valence-electron chi connectivity index (χ3n) is 1.15. The number of Topliss-reactive ketones (excluding diaryl/α,β-unsaturated/α-hetero) is 1. The van der Waals surface area contributed by atoms with E-state index in [1.807, 2.05) is 0 Å². The molecule has 0 aliphatic carbocycles. The molecule has 0 saturated heterocycles. The SMILES string of the molecule is CC(=O)c1ccncc1F. The fourth-order valence-corrected chi connectivity index (χ4v) is 0.661. The maximum Gasteiger partial charge on any atom is 0.162 e. The quantitative estimate of drug-likeness (QED) is 0.551. The number of hydrogen-bond acceptors (Lipinski definition) is 2. The van der Waals surface area contributed by atoms with Crippen LogP contribution in [0.1, 0.15) is 17.3 Å². The Labute approximate surface area is 57.7 Å². The fourth-order valence-electron chi connectivity index (χ4n) is 0.661. The van der Waals surface area contributed by atoms with Gasteiger partial charge in [-0.25, -0.2) is 4.39 Å².